The molecular formula is C27H41N5O2. The number of rotatable bonds is 6. The first kappa shape index (κ1) is 24.7. The average molecular weight is 468 g/mol. The van der Waals surface area contributed by atoms with Crippen LogP contribution < -0.4 is 0 Å². The molecular weight excluding hydrogens is 426 g/mol. The van der Waals surface area contributed by atoms with Gasteiger partial charge in [0.05, 0.1) is 23.4 Å². The van der Waals surface area contributed by atoms with Crippen LogP contribution in [0.15, 0.2) is 41.4 Å². The van der Waals surface area contributed by atoms with E-state index >= 15 is 0 Å². The summed E-state index contributed by atoms with van der Waals surface area (Å²) in [6.07, 6.45) is 8.44. The molecule has 0 N–H and O–H groups in total. The molecule has 0 amide bonds. The molecule has 0 aromatic carbocycles. The van der Waals surface area contributed by atoms with E-state index < -0.39 is 0 Å². The molecule has 34 heavy (non-hydrogen) atoms. The van der Waals surface area contributed by atoms with Crippen molar-refractivity contribution in [3.63, 3.8) is 0 Å². The van der Waals surface area contributed by atoms with Crippen molar-refractivity contribution in [2.24, 2.45) is 13.0 Å². The average Bonchev–Trinajstić information content (AvgIpc) is 3.34. The number of nitrogens with zero attached hydrogens (tertiary/aromatic N) is 5. The molecule has 4 rings (SSSR count). The van der Waals surface area contributed by atoms with Crippen LogP contribution in [0.5, 0.6) is 0 Å². The molecule has 186 valence electrons. The van der Waals surface area contributed by atoms with Gasteiger partial charge in [-0.3, -0.25) is 9.58 Å². The van der Waals surface area contributed by atoms with E-state index in [1.165, 1.54) is 11.3 Å². The van der Waals surface area contributed by atoms with Gasteiger partial charge in [0.15, 0.2) is 0 Å². The van der Waals surface area contributed by atoms with Gasteiger partial charge in [0, 0.05) is 56.2 Å². The largest absolute Gasteiger partial charge is 0.459 e. The highest BCUT2D eigenvalue weighted by atomic mass is 16.5. The molecule has 3 aliphatic heterocycles. The fourth-order valence-corrected chi connectivity index (χ4v) is 5.81. The summed E-state index contributed by atoms with van der Waals surface area (Å²) < 4.78 is 7.60. The second kappa shape index (κ2) is 9.70. The summed E-state index contributed by atoms with van der Waals surface area (Å²) in [6.45, 7) is 12.6. The van der Waals surface area contributed by atoms with Crippen molar-refractivity contribution in [1.29, 1.82) is 0 Å². The van der Waals surface area contributed by atoms with Crippen LogP contribution in [-0.2, 0) is 16.6 Å². The van der Waals surface area contributed by atoms with Crippen LogP contribution in [0.25, 0.3) is 5.57 Å². The summed E-state index contributed by atoms with van der Waals surface area (Å²) in [5.74, 6) is 0.0105. The Labute approximate surface area is 204 Å². The summed E-state index contributed by atoms with van der Waals surface area (Å²) in [4.78, 5) is 20.5. The molecule has 3 atom stereocenters. The maximum atomic E-state index is 13.1. The lowest BCUT2D eigenvalue weighted by atomic mass is 9.87. The molecule has 7 nitrogen and oxygen atoms in total. The number of piperidine rings is 1. The molecule has 4 heterocycles. The molecule has 3 aliphatic rings. The molecule has 0 saturated carbocycles. The van der Waals surface area contributed by atoms with Crippen molar-refractivity contribution >= 4 is 11.5 Å². The minimum Gasteiger partial charge on any atom is -0.459 e. The number of carbonyl (C=O) groups is 1. The van der Waals surface area contributed by atoms with E-state index in [1.807, 2.05) is 31.8 Å². The third-order valence-electron chi connectivity index (χ3n) is 7.86. The number of esters is 1. The Morgan fingerprint density at radius 3 is 2.44 bits per heavy atom. The maximum absolute atomic E-state index is 13.1. The molecule has 1 saturated heterocycles. The van der Waals surface area contributed by atoms with Crippen LogP contribution in [0.3, 0.4) is 0 Å². The molecule has 1 aromatic rings. The lowest BCUT2D eigenvalue weighted by molar-refractivity contribution is -0.142. The Morgan fingerprint density at radius 1 is 1.21 bits per heavy atom. The van der Waals surface area contributed by atoms with Gasteiger partial charge in [0.2, 0.25) is 0 Å². The van der Waals surface area contributed by atoms with E-state index in [-0.39, 0.29) is 30.1 Å². The van der Waals surface area contributed by atoms with Crippen LogP contribution in [-0.4, -0.2) is 81.9 Å². The zero-order chi connectivity index (χ0) is 24.7. The quantitative estimate of drug-likeness (QED) is 0.595. The Morgan fingerprint density at radius 2 is 1.88 bits per heavy atom. The van der Waals surface area contributed by atoms with Crippen LogP contribution in [0.1, 0.15) is 53.2 Å². The monoisotopic (exact) mass is 467 g/mol. The SMILES string of the molecule is CC1=C(C(C)N2CCC(N(C)C)CC2)N2C=C(c3ccnn3C)C(C)C2C=C1C(=O)OC(C)C. The van der Waals surface area contributed by atoms with Gasteiger partial charge >= 0.3 is 5.97 Å². The third kappa shape index (κ3) is 4.48. The number of aryl methyl sites for hydroxylation is 1. The zero-order valence-electron chi connectivity index (χ0n) is 22.1. The van der Waals surface area contributed by atoms with E-state index in [0.717, 1.165) is 37.2 Å². The van der Waals surface area contributed by atoms with E-state index in [2.05, 4.69) is 73.0 Å². The Hall–Kier alpha value is -2.38. The van der Waals surface area contributed by atoms with Crippen LogP contribution in [0.4, 0.5) is 0 Å². The van der Waals surface area contributed by atoms with Gasteiger partial charge in [-0.1, -0.05) is 6.92 Å². The van der Waals surface area contributed by atoms with Crippen LogP contribution in [0.2, 0.25) is 0 Å². The van der Waals surface area contributed by atoms with Gasteiger partial charge < -0.3 is 14.5 Å². The molecule has 0 radical (unpaired) electrons. The molecule has 3 unspecified atom stereocenters. The van der Waals surface area contributed by atoms with Gasteiger partial charge in [-0.15, -0.1) is 0 Å². The van der Waals surface area contributed by atoms with E-state index in [9.17, 15) is 4.79 Å². The van der Waals surface area contributed by atoms with Crippen LogP contribution >= 0.6 is 0 Å². The lowest BCUT2D eigenvalue weighted by Gasteiger charge is -2.44. The number of carbonyl (C=O) groups excluding carboxylic acids is 1. The van der Waals surface area contributed by atoms with Crippen molar-refractivity contribution in [2.75, 3.05) is 27.2 Å². The highest BCUT2D eigenvalue weighted by Gasteiger charge is 2.42. The molecule has 0 aliphatic carbocycles. The molecule has 1 aromatic heterocycles. The number of hydrogen-bond acceptors (Lipinski definition) is 6. The van der Waals surface area contributed by atoms with E-state index in [0.29, 0.717) is 11.6 Å². The van der Waals surface area contributed by atoms with Crippen molar-refractivity contribution in [1.82, 2.24) is 24.5 Å². The summed E-state index contributed by atoms with van der Waals surface area (Å²) in [6, 6.07) is 3.00. The van der Waals surface area contributed by atoms with E-state index in [1.54, 1.807) is 0 Å². The summed E-state index contributed by atoms with van der Waals surface area (Å²) in [5.41, 5.74) is 5.34. The van der Waals surface area contributed by atoms with Crippen molar-refractivity contribution in [3.05, 3.63) is 47.1 Å². The summed E-state index contributed by atoms with van der Waals surface area (Å²) in [7, 11) is 6.34. The third-order valence-corrected chi connectivity index (χ3v) is 7.86. The Balaban J connectivity index is 1.71. The fourth-order valence-electron chi connectivity index (χ4n) is 5.81. The molecule has 0 bridgehead atoms. The topological polar surface area (TPSA) is 53.8 Å². The van der Waals surface area contributed by atoms with Crippen molar-refractivity contribution in [2.45, 2.75) is 71.7 Å². The predicted octanol–water partition coefficient (Wildman–Crippen LogP) is 3.66. The normalized spacial score (nSPS) is 25.1. The van der Waals surface area contributed by atoms with E-state index in [4.69, 9.17) is 4.74 Å². The summed E-state index contributed by atoms with van der Waals surface area (Å²) in [5, 5.41) is 4.40. The first-order valence-corrected chi connectivity index (χ1v) is 12.6. The number of hydrogen-bond donors (Lipinski definition) is 0. The highest BCUT2D eigenvalue weighted by Crippen LogP contribution is 2.44. The zero-order valence-corrected chi connectivity index (χ0v) is 22.1. The smallest absolute Gasteiger partial charge is 0.338 e. The first-order valence-electron chi connectivity index (χ1n) is 12.6. The number of aromatic nitrogens is 2. The predicted molar refractivity (Wildman–Crippen MR) is 136 cm³/mol. The van der Waals surface area contributed by atoms with Crippen LogP contribution in [0, 0.1) is 5.92 Å². The Bertz CT molecular complexity index is 1010. The standard InChI is InChI=1S/C27H41N5O2/c1-17(2)34-27(33)22-15-25-18(3)23(24-9-12-28-30(24)8)16-32(25)26(19(22)4)20(5)31-13-10-21(11-14-31)29(6)7/h9,12,15-18,20-21,25H,10-11,13-14H2,1-8H3. The lowest BCUT2D eigenvalue weighted by Crippen LogP contribution is -2.49. The van der Waals surface area contributed by atoms with Gasteiger partial charge in [-0.2, -0.15) is 5.10 Å². The van der Waals surface area contributed by atoms with Crippen molar-refractivity contribution < 1.29 is 9.53 Å². The van der Waals surface area contributed by atoms with Gasteiger partial charge in [0.25, 0.3) is 0 Å². The number of likely N-dealkylation sites (tertiary alicyclic amines) is 1. The second-order valence-electron chi connectivity index (χ2n) is 10.6. The summed E-state index contributed by atoms with van der Waals surface area (Å²) >= 11 is 0. The minimum atomic E-state index is -0.218. The van der Waals surface area contributed by atoms with Gasteiger partial charge in [-0.05, 0) is 77.9 Å². The second-order valence-corrected chi connectivity index (χ2v) is 10.6. The number of fused-ring (bicyclic) bond motifs is 1. The van der Waals surface area contributed by atoms with Gasteiger partial charge in [-0.25, -0.2) is 4.79 Å². The minimum absolute atomic E-state index is 0.0834. The molecule has 1 fully saturated rings. The highest BCUT2D eigenvalue weighted by molar-refractivity contribution is 5.94. The molecule has 0 spiro atoms. The van der Waals surface area contributed by atoms with Crippen molar-refractivity contribution in [3.8, 4) is 0 Å². The number of ether oxygens (including phenoxy) is 1. The molecule has 7 heteroatoms. The van der Waals surface area contributed by atoms with Gasteiger partial charge in [0.1, 0.15) is 0 Å². The maximum Gasteiger partial charge on any atom is 0.338 e. The fraction of sp³-hybridized carbons (Fsp3) is 0.630. The first-order chi connectivity index (χ1) is 16.1. The Kier molecular flexibility index (Phi) is 7.06.